The number of nitrogens with zero attached hydrogens (tertiary/aromatic N) is 1. The topological polar surface area (TPSA) is 73.1 Å². The number of benzene rings is 3. The number of hydrogen-bond acceptors (Lipinski definition) is 4. The summed E-state index contributed by atoms with van der Waals surface area (Å²) in [7, 11) is -3.76. The second-order valence-electron chi connectivity index (χ2n) is 5.69. The van der Waals surface area contributed by atoms with Crippen molar-refractivity contribution >= 4 is 48.9 Å². The Bertz CT molecular complexity index is 1220. The Morgan fingerprint density at radius 3 is 2.28 bits per heavy atom. The Labute approximate surface area is 149 Å². The third-order valence-corrected chi connectivity index (χ3v) is 6.16. The predicted octanol–water partition coefficient (Wildman–Crippen LogP) is 4.46. The van der Waals surface area contributed by atoms with Gasteiger partial charge in [-0.2, -0.15) is 0 Å². The minimum Gasteiger partial charge on any atom is -0.399 e. The van der Waals surface area contributed by atoms with Crippen molar-refractivity contribution in [3.8, 4) is 0 Å². The number of para-hydroxylation sites is 1. The molecule has 0 saturated carbocycles. The summed E-state index contributed by atoms with van der Waals surface area (Å²) in [5, 5.41) is 1.63. The maximum Gasteiger partial charge on any atom is 0.207 e. The van der Waals surface area contributed by atoms with E-state index in [-0.39, 0.29) is 9.79 Å². The maximum atomic E-state index is 13.4. The Balaban J connectivity index is 2.16. The van der Waals surface area contributed by atoms with Crippen LogP contribution in [0.5, 0.6) is 0 Å². The normalized spacial score (nSPS) is 11.9. The lowest BCUT2D eigenvalue weighted by Gasteiger charge is -2.12. The van der Waals surface area contributed by atoms with E-state index in [9.17, 15) is 8.42 Å². The molecule has 1 heterocycles. The summed E-state index contributed by atoms with van der Waals surface area (Å²) in [6.45, 7) is 0. The molecule has 0 amide bonds. The largest absolute Gasteiger partial charge is 0.399 e. The number of halogens is 1. The summed E-state index contributed by atoms with van der Waals surface area (Å²) in [5.74, 6) is 0. The van der Waals surface area contributed by atoms with Crippen molar-refractivity contribution in [2.45, 2.75) is 9.79 Å². The van der Waals surface area contributed by atoms with E-state index in [1.807, 2.05) is 6.07 Å². The monoisotopic (exact) mass is 368 g/mol. The highest BCUT2D eigenvalue weighted by molar-refractivity contribution is 7.92. The van der Waals surface area contributed by atoms with Gasteiger partial charge in [-0.15, -0.1) is 0 Å². The Kier molecular flexibility index (Phi) is 3.63. The number of hydrogen-bond donors (Lipinski definition) is 1. The highest BCUT2D eigenvalue weighted by Crippen LogP contribution is 2.34. The van der Waals surface area contributed by atoms with E-state index in [0.717, 1.165) is 0 Å². The number of nitrogen functional groups attached to an aromatic ring is 1. The van der Waals surface area contributed by atoms with Crippen molar-refractivity contribution in [2.24, 2.45) is 0 Å². The molecule has 4 aromatic rings. The molecule has 4 nitrogen and oxygen atoms in total. The highest BCUT2D eigenvalue weighted by atomic mass is 35.5. The molecule has 2 N–H and O–H groups in total. The quantitative estimate of drug-likeness (QED) is 0.419. The molecule has 6 heteroatoms. The Morgan fingerprint density at radius 2 is 1.52 bits per heavy atom. The number of rotatable bonds is 2. The van der Waals surface area contributed by atoms with E-state index in [0.29, 0.717) is 32.5 Å². The molecule has 0 spiro atoms. The van der Waals surface area contributed by atoms with Crippen LogP contribution in [0.2, 0.25) is 5.02 Å². The van der Waals surface area contributed by atoms with Crippen LogP contribution in [-0.2, 0) is 9.84 Å². The minimum atomic E-state index is -3.76. The van der Waals surface area contributed by atoms with Crippen molar-refractivity contribution in [3.05, 3.63) is 71.8 Å². The first-order valence-electron chi connectivity index (χ1n) is 7.55. The molecule has 0 radical (unpaired) electrons. The number of nitrogens with two attached hydrogens (primary N) is 1. The van der Waals surface area contributed by atoms with E-state index in [4.69, 9.17) is 17.3 Å². The summed E-state index contributed by atoms with van der Waals surface area (Å²) in [4.78, 5) is 4.97. The molecule has 0 atom stereocenters. The van der Waals surface area contributed by atoms with Gasteiger partial charge in [-0.3, -0.25) is 0 Å². The molecule has 0 bridgehead atoms. The van der Waals surface area contributed by atoms with Gasteiger partial charge < -0.3 is 5.73 Å². The van der Waals surface area contributed by atoms with Crippen LogP contribution >= 0.6 is 11.6 Å². The van der Waals surface area contributed by atoms with Gasteiger partial charge in [0.05, 0.1) is 20.8 Å². The molecule has 0 aliphatic carbocycles. The molecule has 0 fully saturated rings. The van der Waals surface area contributed by atoms with Crippen LogP contribution in [0.25, 0.3) is 21.8 Å². The van der Waals surface area contributed by atoms with E-state index in [1.54, 1.807) is 48.5 Å². The minimum absolute atomic E-state index is 0.189. The van der Waals surface area contributed by atoms with Crippen molar-refractivity contribution in [3.63, 3.8) is 0 Å². The zero-order valence-electron chi connectivity index (χ0n) is 13.0. The van der Waals surface area contributed by atoms with E-state index in [2.05, 4.69) is 4.98 Å². The van der Waals surface area contributed by atoms with Gasteiger partial charge in [0.25, 0.3) is 0 Å². The van der Waals surface area contributed by atoms with Crippen LogP contribution in [-0.4, -0.2) is 13.4 Å². The zero-order chi connectivity index (χ0) is 17.6. The van der Waals surface area contributed by atoms with E-state index in [1.165, 1.54) is 12.1 Å². The van der Waals surface area contributed by atoms with Crippen LogP contribution in [0.4, 0.5) is 5.69 Å². The first-order chi connectivity index (χ1) is 12.0. The lowest BCUT2D eigenvalue weighted by Crippen LogP contribution is -2.05. The zero-order valence-corrected chi connectivity index (χ0v) is 14.6. The van der Waals surface area contributed by atoms with Crippen LogP contribution in [0, 0.1) is 0 Å². The average molecular weight is 369 g/mol. The number of pyridine rings is 1. The fourth-order valence-electron chi connectivity index (χ4n) is 2.88. The summed E-state index contributed by atoms with van der Waals surface area (Å²) in [6.07, 6.45) is 0. The molecule has 0 unspecified atom stereocenters. The fourth-order valence-corrected chi connectivity index (χ4v) is 4.70. The number of anilines is 1. The molecule has 1 aromatic heterocycles. The van der Waals surface area contributed by atoms with Gasteiger partial charge in [-0.25, -0.2) is 13.4 Å². The van der Waals surface area contributed by atoms with E-state index >= 15 is 0 Å². The van der Waals surface area contributed by atoms with Crippen molar-refractivity contribution in [1.82, 2.24) is 4.98 Å². The second-order valence-corrected chi connectivity index (χ2v) is 8.01. The van der Waals surface area contributed by atoms with Gasteiger partial charge in [-0.1, -0.05) is 29.8 Å². The van der Waals surface area contributed by atoms with Gasteiger partial charge in [0, 0.05) is 21.5 Å². The van der Waals surface area contributed by atoms with Crippen molar-refractivity contribution in [1.29, 1.82) is 0 Å². The maximum absolute atomic E-state index is 13.4. The SMILES string of the molecule is Nc1ccc(S(=O)(=O)c2c3ccccc3nc3cc(Cl)ccc23)cc1. The molecule has 0 aliphatic heterocycles. The fraction of sp³-hybridized carbons (Fsp3) is 0. The summed E-state index contributed by atoms with van der Waals surface area (Å²) >= 11 is 6.07. The second kappa shape index (κ2) is 5.72. The van der Waals surface area contributed by atoms with E-state index < -0.39 is 9.84 Å². The predicted molar refractivity (Wildman–Crippen MR) is 101 cm³/mol. The number of aromatic nitrogens is 1. The van der Waals surface area contributed by atoms with Gasteiger partial charge in [-0.05, 0) is 48.5 Å². The summed E-state index contributed by atoms with van der Waals surface area (Å²) in [5.41, 5.74) is 7.34. The molecular formula is C19H13ClN2O2S. The molecule has 4 rings (SSSR count). The molecule has 0 aliphatic rings. The van der Waals surface area contributed by atoms with Crippen LogP contribution in [0.15, 0.2) is 76.5 Å². The highest BCUT2D eigenvalue weighted by Gasteiger charge is 2.24. The molecule has 3 aromatic carbocycles. The summed E-state index contributed by atoms with van der Waals surface area (Å²) < 4.78 is 26.7. The third-order valence-electron chi connectivity index (χ3n) is 4.05. The number of sulfone groups is 1. The van der Waals surface area contributed by atoms with Gasteiger partial charge >= 0.3 is 0 Å². The van der Waals surface area contributed by atoms with Crippen molar-refractivity contribution < 1.29 is 8.42 Å². The third kappa shape index (κ3) is 2.62. The smallest absolute Gasteiger partial charge is 0.207 e. The van der Waals surface area contributed by atoms with Crippen LogP contribution < -0.4 is 5.73 Å². The first-order valence-corrected chi connectivity index (χ1v) is 9.41. The van der Waals surface area contributed by atoms with Crippen LogP contribution in [0.1, 0.15) is 0 Å². The Morgan fingerprint density at radius 1 is 0.840 bits per heavy atom. The van der Waals surface area contributed by atoms with Crippen molar-refractivity contribution in [2.75, 3.05) is 5.73 Å². The Hall–Kier alpha value is -2.63. The molecular weight excluding hydrogens is 356 g/mol. The van der Waals surface area contributed by atoms with Gasteiger partial charge in [0.2, 0.25) is 9.84 Å². The first kappa shape index (κ1) is 15.9. The molecule has 25 heavy (non-hydrogen) atoms. The molecule has 0 saturated heterocycles. The van der Waals surface area contributed by atoms with Gasteiger partial charge in [0.15, 0.2) is 0 Å². The lowest BCUT2D eigenvalue weighted by atomic mass is 10.1. The average Bonchev–Trinajstić information content (AvgIpc) is 2.59. The van der Waals surface area contributed by atoms with Gasteiger partial charge in [0.1, 0.15) is 0 Å². The van der Waals surface area contributed by atoms with Crippen LogP contribution in [0.3, 0.4) is 0 Å². The standard InChI is InChI=1S/C19H13ClN2O2S/c20-12-5-10-16-18(11-12)22-17-4-2-1-3-15(17)19(16)25(23,24)14-8-6-13(21)7-9-14/h1-11H,21H2. The molecule has 124 valence electrons. The number of fused-ring (bicyclic) bond motifs is 2. The lowest BCUT2D eigenvalue weighted by molar-refractivity contribution is 0.597. The summed E-state index contributed by atoms with van der Waals surface area (Å²) in [6, 6.07) is 18.4.